The number of aromatic nitrogens is 1. The largest absolute Gasteiger partial charge is 0.382 e. The number of anilines is 1. The van der Waals surface area contributed by atoms with Crippen molar-refractivity contribution in [3.05, 3.63) is 34.7 Å². The molecule has 21 heavy (non-hydrogen) atoms. The number of hydrogen-bond acceptors (Lipinski definition) is 4. The van der Waals surface area contributed by atoms with Crippen LogP contribution >= 0.6 is 11.3 Å². The first kappa shape index (κ1) is 14.5. The molecule has 2 aromatic rings. The predicted molar refractivity (Wildman–Crippen MR) is 91.0 cm³/mol. The zero-order valence-electron chi connectivity index (χ0n) is 13.0. The van der Waals surface area contributed by atoms with Gasteiger partial charge in [-0.3, -0.25) is 0 Å². The lowest BCUT2D eigenvalue weighted by Gasteiger charge is -2.35. The smallest absolute Gasteiger partial charge is 0.0901 e. The van der Waals surface area contributed by atoms with Gasteiger partial charge >= 0.3 is 0 Å². The minimum absolute atomic E-state index is 0.573. The molecule has 2 atom stereocenters. The van der Waals surface area contributed by atoms with Crippen LogP contribution in [0.2, 0.25) is 0 Å². The van der Waals surface area contributed by atoms with Crippen molar-refractivity contribution in [1.29, 1.82) is 0 Å². The van der Waals surface area contributed by atoms with Gasteiger partial charge in [-0.25, -0.2) is 4.98 Å². The van der Waals surface area contributed by atoms with Gasteiger partial charge in [0.15, 0.2) is 0 Å². The Labute approximate surface area is 131 Å². The van der Waals surface area contributed by atoms with Crippen molar-refractivity contribution in [2.45, 2.75) is 38.8 Å². The van der Waals surface area contributed by atoms with Crippen molar-refractivity contribution in [2.24, 2.45) is 0 Å². The summed E-state index contributed by atoms with van der Waals surface area (Å²) in [6.45, 7) is 5.53. The fraction of sp³-hybridized carbons (Fsp3) is 0.471. The minimum atomic E-state index is 0.573. The van der Waals surface area contributed by atoms with Crippen LogP contribution in [0.1, 0.15) is 24.8 Å². The molecule has 2 unspecified atom stereocenters. The molecule has 1 aliphatic rings. The van der Waals surface area contributed by atoms with Gasteiger partial charge in [0, 0.05) is 35.3 Å². The summed E-state index contributed by atoms with van der Waals surface area (Å²) in [4.78, 5) is 7.01. The predicted octanol–water partition coefficient (Wildman–Crippen LogP) is 4.01. The molecule has 1 saturated heterocycles. The summed E-state index contributed by atoms with van der Waals surface area (Å²) >= 11 is 1.70. The first-order valence-electron chi connectivity index (χ1n) is 7.61. The summed E-state index contributed by atoms with van der Waals surface area (Å²) in [6.07, 6.45) is 2.41. The quantitative estimate of drug-likeness (QED) is 0.928. The number of rotatable bonds is 3. The van der Waals surface area contributed by atoms with Crippen LogP contribution in [0.15, 0.2) is 29.6 Å². The van der Waals surface area contributed by atoms with E-state index in [4.69, 9.17) is 0 Å². The van der Waals surface area contributed by atoms with E-state index >= 15 is 0 Å². The highest BCUT2D eigenvalue weighted by atomic mass is 32.1. The Balaban J connectivity index is 1.72. The molecule has 1 aromatic heterocycles. The number of likely N-dealkylation sites (tertiary alicyclic amines) is 1. The first-order valence-corrected chi connectivity index (χ1v) is 8.49. The van der Waals surface area contributed by atoms with Crippen molar-refractivity contribution in [2.75, 3.05) is 18.9 Å². The number of nitrogens with one attached hydrogen (secondary N) is 1. The van der Waals surface area contributed by atoms with Gasteiger partial charge in [0.2, 0.25) is 0 Å². The monoisotopic (exact) mass is 301 g/mol. The maximum absolute atomic E-state index is 4.57. The maximum Gasteiger partial charge on any atom is 0.0901 e. The maximum atomic E-state index is 4.57. The molecule has 2 heterocycles. The lowest BCUT2D eigenvalue weighted by molar-refractivity contribution is 0.190. The summed E-state index contributed by atoms with van der Waals surface area (Å²) in [6, 6.07) is 9.86. The van der Waals surface area contributed by atoms with Crippen LogP contribution in [-0.4, -0.2) is 35.6 Å². The molecule has 0 aliphatic carbocycles. The van der Waals surface area contributed by atoms with E-state index in [0.29, 0.717) is 12.1 Å². The van der Waals surface area contributed by atoms with Gasteiger partial charge in [-0.15, -0.1) is 11.3 Å². The standard InChI is InChI=1S/C17H23N3S/c1-12-9-16(7-8-20(12)3)19-15-6-4-5-14(10-15)17-11-21-13(2)18-17/h4-6,10-12,16,19H,7-9H2,1-3H3. The fourth-order valence-electron chi connectivity index (χ4n) is 2.92. The third-order valence-electron chi connectivity index (χ3n) is 4.36. The number of hydrogen-bond donors (Lipinski definition) is 1. The second-order valence-electron chi connectivity index (χ2n) is 6.03. The average Bonchev–Trinajstić information content (AvgIpc) is 2.90. The minimum Gasteiger partial charge on any atom is -0.382 e. The molecule has 1 N–H and O–H groups in total. The van der Waals surface area contributed by atoms with E-state index in [1.807, 2.05) is 0 Å². The number of nitrogens with zero attached hydrogens (tertiary/aromatic N) is 2. The molecule has 112 valence electrons. The van der Waals surface area contributed by atoms with Crippen molar-refractivity contribution < 1.29 is 0 Å². The molecular formula is C17H23N3S. The second-order valence-corrected chi connectivity index (χ2v) is 7.09. The molecule has 1 aliphatic heterocycles. The molecule has 0 spiro atoms. The highest BCUT2D eigenvalue weighted by molar-refractivity contribution is 7.09. The molecule has 3 nitrogen and oxygen atoms in total. The second kappa shape index (κ2) is 6.16. The molecule has 4 heteroatoms. The van der Waals surface area contributed by atoms with Gasteiger partial charge in [0.05, 0.1) is 10.7 Å². The van der Waals surface area contributed by atoms with Crippen molar-refractivity contribution in [1.82, 2.24) is 9.88 Å². The fourth-order valence-corrected chi connectivity index (χ4v) is 3.54. The van der Waals surface area contributed by atoms with E-state index in [1.54, 1.807) is 11.3 Å². The summed E-state index contributed by atoms with van der Waals surface area (Å²) in [7, 11) is 2.21. The molecular weight excluding hydrogens is 278 g/mol. The van der Waals surface area contributed by atoms with Crippen molar-refractivity contribution >= 4 is 17.0 Å². The van der Waals surface area contributed by atoms with Crippen LogP contribution in [0.25, 0.3) is 11.3 Å². The number of thiazole rings is 1. The van der Waals surface area contributed by atoms with Crippen LogP contribution in [0.3, 0.4) is 0 Å². The summed E-state index contributed by atoms with van der Waals surface area (Å²) < 4.78 is 0. The van der Waals surface area contributed by atoms with Gasteiger partial charge in [-0.1, -0.05) is 12.1 Å². The highest BCUT2D eigenvalue weighted by Gasteiger charge is 2.22. The van der Waals surface area contributed by atoms with E-state index in [9.17, 15) is 0 Å². The Hall–Kier alpha value is -1.39. The third-order valence-corrected chi connectivity index (χ3v) is 5.13. The zero-order chi connectivity index (χ0) is 14.8. The Morgan fingerprint density at radius 3 is 2.95 bits per heavy atom. The summed E-state index contributed by atoms with van der Waals surface area (Å²) in [5, 5.41) is 6.95. The Kier molecular flexibility index (Phi) is 4.27. The molecule has 1 aromatic carbocycles. The van der Waals surface area contributed by atoms with Crippen LogP contribution in [-0.2, 0) is 0 Å². The van der Waals surface area contributed by atoms with Gasteiger partial charge in [-0.2, -0.15) is 0 Å². The topological polar surface area (TPSA) is 28.2 Å². The Morgan fingerprint density at radius 1 is 1.38 bits per heavy atom. The van der Waals surface area contributed by atoms with Gasteiger partial charge < -0.3 is 10.2 Å². The molecule has 0 amide bonds. The van der Waals surface area contributed by atoms with Gasteiger partial charge in [-0.05, 0) is 45.9 Å². The zero-order valence-corrected chi connectivity index (χ0v) is 13.8. The van der Waals surface area contributed by atoms with Crippen LogP contribution in [0, 0.1) is 6.92 Å². The summed E-state index contributed by atoms with van der Waals surface area (Å²) in [5.74, 6) is 0. The third kappa shape index (κ3) is 3.44. The molecule has 3 rings (SSSR count). The Bertz CT molecular complexity index is 608. The lowest BCUT2D eigenvalue weighted by Crippen LogP contribution is -2.42. The van der Waals surface area contributed by atoms with Crippen LogP contribution in [0.4, 0.5) is 5.69 Å². The molecule has 1 fully saturated rings. The Morgan fingerprint density at radius 2 is 2.24 bits per heavy atom. The van der Waals surface area contributed by atoms with Gasteiger partial charge in [0.1, 0.15) is 0 Å². The van der Waals surface area contributed by atoms with E-state index in [2.05, 4.69) is 65.7 Å². The molecule has 0 bridgehead atoms. The number of aryl methyl sites for hydroxylation is 1. The normalized spacial score (nSPS) is 23.2. The van der Waals surface area contributed by atoms with E-state index in [1.165, 1.54) is 30.6 Å². The molecule has 0 radical (unpaired) electrons. The van der Waals surface area contributed by atoms with Gasteiger partial charge in [0.25, 0.3) is 0 Å². The van der Waals surface area contributed by atoms with E-state index < -0.39 is 0 Å². The number of benzene rings is 1. The van der Waals surface area contributed by atoms with Crippen molar-refractivity contribution in [3.8, 4) is 11.3 Å². The first-order chi connectivity index (χ1) is 10.1. The molecule has 0 saturated carbocycles. The lowest BCUT2D eigenvalue weighted by atomic mass is 9.98. The van der Waals surface area contributed by atoms with Crippen molar-refractivity contribution in [3.63, 3.8) is 0 Å². The van der Waals surface area contributed by atoms with E-state index in [-0.39, 0.29) is 0 Å². The van der Waals surface area contributed by atoms with E-state index in [0.717, 1.165) is 10.7 Å². The number of piperidine rings is 1. The highest BCUT2D eigenvalue weighted by Crippen LogP contribution is 2.26. The van der Waals surface area contributed by atoms with Crippen LogP contribution < -0.4 is 5.32 Å². The van der Waals surface area contributed by atoms with Crippen LogP contribution in [0.5, 0.6) is 0 Å². The average molecular weight is 301 g/mol. The SMILES string of the molecule is Cc1nc(-c2cccc(NC3CCN(C)C(C)C3)c2)cs1. The summed E-state index contributed by atoms with van der Waals surface area (Å²) in [5.41, 5.74) is 3.49.